The SMILES string of the molecule is Cc1ccc(C(=O)N[C@@H]2CCN(c3ncc(C)cn3)C[C@@H]2c2cnn(C)c2)cc1. The lowest BCUT2D eigenvalue weighted by Crippen LogP contribution is -2.50. The average Bonchev–Trinajstić information content (AvgIpc) is 3.15. The van der Waals surface area contributed by atoms with Gasteiger partial charge in [-0.05, 0) is 43.5 Å². The molecule has 1 aliphatic heterocycles. The van der Waals surface area contributed by atoms with Gasteiger partial charge in [-0.15, -0.1) is 0 Å². The Morgan fingerprint density at radius 1 is 1.07 bits per heavy atom. The summed E-state index contributed by atoms with van der Waals surface area (Å²) in [5, 5.41) is 7.59. The third-order valence-electron chi connectivity index (χ3n) is 5.45. The molecule has 150 valence electrons. The van der Waals surface area contributed by atoms with Crippen LogP contribution in [0.1, 0.15) is 39.4 Å². The predicted octanol–water partition coefficient (Wildman–Crippen LogP) is 2.62. The van der Waals surface area contributed by atoms with Crippen LogP contribution in [0, 0.1) is 13.8 Å². The lowest BCUT2D eigenvalue weighted by molar-refractivity contribution is 0.0925. The minimum atomic E-state index is -0.0380. The molecule has 0 radical (unpaired) electrons. The van der Waals surface area contributed by atoms with Crippen molar-refractivity contribution in [2.45, 2.75) is 32.2 Å². The van der Waals surface area contributed by atoms with Gasteiger partial charge in [-0.25, -0.2) is 9.97 Å². The van der Waals surface area contributed by atoms with E-state index in [4.69, 9.17) is 0 Å². The molecule has 0 aliphatic carbocycles. The first-order valence-corrected chi connectivity index (χ1v) is 9.89. The molecule has 1 N–H and O–H groups in total. The van der Waals surface area contributed by atoms with Crippen LogP contribution in [0.25, 0.3) is 0 Å². The zero-order valence-electron chi connectivity index (χ0n) is 17.0. The number of anilines is 1. The van der Waals surface area contributed by atoms with E-state index in [1.165, 1.54) is 0 Å². The molecule has 3 aromatic rings. The number of carbonyl (C=O) groups excluding carboxylic acids is 1. The van der Waals surface area contributed by atoms with E-state index in [-0.39, 0.29) is 17.9 Å². The number of aryl methyl sites for hydroxylation is 3. The van der Waals surface area contributed by atoms with Crippen LogP contribution in [0.15, 0.2) is 49.1 Å². The number of nitrogens with one attached hydrogen (secondary N) is 1. The first-order chi connectivity index (χ1) is 14.0. The van der Waals surface area contributed by atoms with Crippen LogP contribution in [0.4, 0.5) is 5.95 Å². The average molecular weight is 390 g/mol. The number of piperidine rings is 1. The third-order valence-corrected chi connectivity index (χ3v) is 5.45. The Hall–Kier alpha value is -3.22. The summed E-state index contributed by atoms with van der Waals surface area (Å²) < 4.78 is 1.80. The maximum absolute atomic E-state index is 12.8. The van der Waals surface area contributed by atoms with E-state index in [0.29, 0.717) is 5.56 Å². The molecule has 0 spiro atoms. The van der Waals surface area contributed by atoms with Crippen molar-refractivity contribution in [3.63, 3.8) is 0 Å². The van der Waals surface area contributed by atoms with Crippen LogP contribution >= 0.6 is 0 Å². The summed E-state index contributed by atoms with van der Waals surface area (Å²) in [6, 6.07) is 7.70. The van der Waals surface area contributed by atoms with Gasteiger partial charge in [0, 0.05) is 56.3 Å². The van der Waals surface area contributed by atoms with Crippen molar-refractivity contribution in [2.24, 2.45) is 7.05 Å². The molecule has 2 atom stereocenters. The highest BCUT2D eigenvalue weighted by molar-refractivity contribution is 5.94. The van der Waals surface area contributed by atoms with Gasteiger partial charge in [0.15, 0.2) is 0 Å². The molecule has 0 saturated carbocycles. The highest BCUT2D eigenvalue weighted by atomic mass is 16.1. The maximum Gasteiger partial charge on any atom is 0.251 e. The standard InChI is InChI=1S/C22H26N6O/c1-15-4-6-17(7-5-15)21(29)26-20-8-9-28(22-23-10-16(2)11-24-22)14-19(20)18-12-25-27(3)13-18/h4-7,10-13,19-20H,8-9,14H2,1-3H3,(H,26,29)/t19-,20-/m1/s1. The minimum Gasteiger partial charge on any atom is -0.349 e. The molecular weight excluding hydrogens is 364 g/mol. The number of nitrogens with zero attached hydrogens (tertiary/aromatic N) is 5. The smallest absolute Gasteiger partial charge is 0.251 e. The van der Waals surface area contributed by atoms with Gasteiger partial charge in [-0.3, -0.25) is 9.48 Å². The summed E-state index contributed by atoms with van der Waals surface area (Å²) in [5.41, 5.74) is 3.97. The van der Waals surface area contributed by atoms with Gasteiger partial charge in [-0.2, -0.15) is 5.10 Å². The topological polar surface area (TPSA) is 75.9 Å². The molecule has 1 fully saturated rings. The molecule has 1 aliphatic rings. The first-order valence-electron chi connectivity index (χ1n) is 9.89. The molecule has 0 bridgehead atoms. The Labute approximate surface area is 170 Å². The largest absolute Gasteiger partial charge is 0.349 e. The molecule has 29 heavy (non-hydrogen) atoms. The third kappa shape index (κ3) is 4.29. The molecule has 4 rings (SSSR count). The molecule has 1 saturated heterocycles. The van der Waals surface area contributed by atoms with Crippen molar-refractivity contribution >= 4 is 11.9 Å². The van der Waals surface area contributed by atoms with Crippen molar-refractivity contribution in [3.05, 3.63) is 71.3 Å². The van der Waals surface area contributed by atoms with E-state index in [1.807, 2.05) is 69.9 Å². The molecule has 2 aromatic heterocycles. The van der Waals surface area contributed by atoms with Crippen LogP contribution in [0.3, 0.4) is 0 Å². The number of hydrogen-bond acceptors (Lipinski definition) is 5. The summed E-state index contributed by atoms with van der Waals surface area (Å²) in [4.78, 5) is 24.0. The molecular formula is C22H26N6O. The van der Waals surface area contributed by atoms with Crippen LogP contribution in [-0.2, 0) is 7.05 Å². The van der Waals surface area contributed by atoms with E-state index in [1.54, 1.807) is 4.68 Å². The fourth-order valence-corrected chi connectivity index (χ4v) is 3.78. The second kappa shape index (κ2) is 8.03. The molecule has 0 unspecified atom stereocenters. The van der Waals surface area contributed by atoms with E-state index < -0.39 is 0 Å². The van der Waals surface area contributed by atoms with Gasteiger partial charge in [0.1, 0.15) is 0 Å². The van der Waals surface area contributed by atoms with Gasteiger partial charge < -0.3 is 10.2 Å². The monoisotopic (exact) mass is 390 g/mol. The van der Waals surface area contributed by atoms with Gasteiger partial charge in [0.05, 0.1) is 6.20 Å². The van der Waals surface area contributed by atoms with Crippen molar-refractivity contribution < 1.29 is 4.79 Å². The van der Waals surface area contributed by atoms with E-state index >= 15 is 0 Å². The van der Waals surface area contributed by atoms with Crippen LogP contribution in [-0.4, -0.2) is 44.8 Å². The molecule has 7 heteroatoms. The van der Waals surface area contributed by atoms with Crippen LogP contribution in [0.2, 0.25) is 0 Å². The summed E-state index contributed by atoms with van der Waals surface area (Å²) in [7, 11) is 1.91. The second-order valence-electron chi connectivity index (χ2n) is 7.79. The van der Waals surface area contributed by atoms with Gasteiger partial charge in [0.2, 0.25) is 5.95 Å². The van der Waals surface area contributed by atoms with Gasteiger partial charge >= 0.3 is 0 Å². The van der Waals surface area contributed by atoms with Gasteiger partial charge in [0.25, 0.3) is 5.91 Å². The van der Waals surface area contributed by atoms with Crippen molar-refractivity contribution in [1.29, 1.82) is 0 Å². The van der Waals surface area contributed by atoms with Crippen molar-refractivity contribution in [3.8, 4) is 0 Å². The Morgan fingerprint density at radius 3 is 2.45 bits per heavy atom. The molecule has 7 nitrogen and oxygen atoms in total. The second-order valence-corrected chi connectivity index (χ2v) is 7.79. The highest BCUT2D eigenvalue weighted by Gasteiger charge is 2.33. The fraction of sp³-hybridized carbons (Fsp3) is 0.364. The number of rotatable bonds is 4. The van der Waals surface area contributed by atoms with Crippen LogP contribution in [0.5, 0.6) is 0 Å². The lowest BCUT2D eigenvalue weighted by atomic mass is 9.87. The first kappa shape index (κ1) is 19.1. The normalized spacial score (nSPS) is 19.2. The maximum atomic E-state index is 12.8. The zero-order valence-corrected chi connectivity index (χ0v) is 17.0. The zero-order chi connectivity index (χ0) is 20.4. The molecule has 1 amide bonds. The summed E-state index contributed by atoms with van der Waals surface area (Å²) in [6.45, 7) is 5.52. The highest BCUT2D eigenvalue weighted by Crippen LogP contribution is 2.29. The van der Waals surface area contributed by atoms with E-state index in [0.717, 1.165) is 42.1 Å². The lowest BCUT2D eigenvalue weighted by Gasteiger charge is -2.38. The number of aromatic nitrogens is 4. The van der Waals surface area contributed by atoms with Crippen molar-refractivity contribution in [1.82, 2.24) is 25.1 Å². The van der Waals surface area contributed by atoms with Crippen molar-refractivity contribution in [2.75, 3.05) is 18.0 Å². The summed E-state index contributed by atoms with van der Waals surface area (Å²) in [5.74, 6) is 0.800. The van der Waals surface area contributed by atoms with Crippen LogP contribution < -0.4 is 10.2 Å². The Balaban J connectivity index is 1.55. The minimum absolute atomic E-state index is 0.0229. The van der Waals surface area contributed by atoms with Gasteiger partial charge in [-0.1, -0.05) is 17.7 Å². The number of amides is 1. The quantitative estimate of drug-likeness (QED) is 0.741. The predicted molar refractivity (Wildman–Crippen MR) is 112 cm³/mol. The Morgan fingerprint density at radius 2 is 1.79 bits per heavy atom. The summed E-state index contributed by atoms with van der Waals surface area (Å²) in [6.07, 6.45) is 8.40. The fourth-order valence-electron chi connectivity index (χ4n) is 3.78. The number of benzene rings is 1. The summed E-state index contributed by atoms with van der Waals surface area (Å²) >= 11 is 0. The molecule has 3 heterocycles. The Kier molecular flexibility index (Phi) is 5.29. The molecule has 1 aromatic carbocycles. The van der Waals surface area contributed by atoms with E-state index in [9.17, 15) is 4.79 Å². The Bertz CT molecular complexity index is 979. The number of hydrogen-bond donors (Lipinski definition) is 1. The number of carbonyl (C=O) groups is 1. The van der Waals surface area contributed by atoms with E-state index in [2.05, 4.69) is 25.3 Å².